The fourth-order valence-corrected chi connectivity index (χ4v) is 3.10. The summed E-state index contributed by atoms with van der Waals surface area (Å²) in [6.07, 6.45) is 18.0. The number of carbonyl (C=O) groups is 3. The Morgan fingerprint density at radius 1 is 0.867 bits per heavy atom. The molecule has 0 fully saturated rings. The van der Waals surface area contributed by atoms with Crippen LogP contribution in [0.2, 0.25) is 0 Å². The molecule has 0 spiro atoms. The highest BCUT2D eigenvalue weighted by Gasteiger charge is 2.43. The summed E-state index contributed by atoms with van der Waals surface area (Å²) in [5.41, 5.74) is -2.52. The summed E-state index contributed by atoms with van der Waals surface area (Å²) in [5, 5.41) is 19.0. The van der Waals surface area contributed by atoms with E-state index in [4.69, 9.17) is 0 Å². The highest BCUT2D eigenvalue weighted by atomic mass is 16.6. The van der Waals surface area contributed by atoms with Crippen LogP contribution in [0.4, 0.5) is 0 Å². The SMILES string of the molecule is CCCCCCCC/C=C\CCCCCCCC(=O)OC(=O)C(C)(O)C(=O)C(C)O. The van der Waals surface area contributed by atoms with E-state index in [2.05, 4.69) is 23.8 Å². The standard InChI is InChI=1S/C24H42O6/c1-4-5-6-7-8-9-10-11-12-13-14-15-16-17-18-19-21(26)30-23(28)24(3,29)22(27)20(2)25/h11-12,20,25,29H,4-10,13-19H2,1-3H3/b12-11-. The van der Waals surface area contributed by atoms with E-state index >= 15 is 0 Å². The molecule has 0 aliphatic rings. The van der Waals surface area contributed by atoms with Gasteiger partial charge in [-0.3, -0.25) is 9.59 Å². The first-order valence-corrected chi connectivity index (χ1v) is 11.6. The number of hydrogen-bond donors (Lipinski definition) is 2. The molecule has 0 aromatic heterocycles. The van der Waals surface area contributed by atoms with Gasteiger partial charge in [0.25, 0.3) is 0 Å². The summed E-state index contributed by atoms with van der Waals surface area (Å²) in [6, 6.07) is 0. The number of carbonyl (C=O) groups excluding carboxylic acids is 3. The second kappa shape index (κ2) is 17.2. The Balaban J connectivity index is 3.66. The number of unbranched alkanes of at least 4 members (excludes halogenated alkanes) is 11. The van der Waals surface area contributed by atoms with Crippen molar-refractivity contribution in [3.63, 3.8) is 0 Å². The lowest BCUT2D eigenvalue weighted by molar-refractivity contribution is -0.177. The first-order chi connectivity index (χ1) is 14.2. The van der Waals surface area contributed by atoms with Crippen molar-refractivity contribution in [2.45, 2.75) is 122 Å². The molecule has 0 aromatic carbocycles. The van der Waals surface area contributed by atoms with Crippen LogP contribution in [0.3, 0.4) is 0 Å². The molecule has 0 bridgehead atoms. The Morgan fingerprint density at radius 2 is 1.33 bits per heavy atom. The minimum absolute atomic E-state index is 0.0584. The van der Waals surface area contributed by atoms with Crippen molar-refractivity contribution in [2.24, 2.45) is 0 Å². The van der Waals surface area contributed by atoms with E-state index < -0.39 is 29.4 Å². The Hall–Kier alpha value is -1.53. The zero-order valence-electron chi connectivity index (χ0n) is 19.2. The minimum atomic E-state index is -2.52. The summed E-state index contributed by atoms with van der Waals surface area (Å²) < 4.78 is 4.54. The topological polar surface area (TPSA) is 101 Å². The Kier molecular flexibility index (Phi) is 16.3. The molecule has 0 saturated carbocycles. The van der Waals surface area contributed by atoms with Crippen LogP contribution in [0.5, 0.6) is 0 Å². The average molecular weight is 427 g/mol. The van der Waals surface area contributed by atoms with Crippen LogP contribution in [-0.2, 0) is 19.1 Å². The van der Waals surface area contributed by atoms with Crippen molar-refractivity contribution in [3.05, 3.63) is 12.2 Å². The number of aliphatic hydroxyl groups is 2. The third-order valence-corrected chi connectivity index (χ3v) is 5.11. The van der Waals surface area contributed by atoms with Gasteiger partial charge in [0.2, 0.25) is 11.4 Å². The third kappa shape index (κ3) is 13.6. The average Bonchev–Trinajstić information content (AvgIpc) is 2.70. The number of allylic oxidation sites excluding steroid dienone is 2. The highest BCUT2D eigenvalue weighted by Crippen LogP contribution is 2.13. The van der Waals surface area contributed by atoms with Crippen LogP contribution in [-0.4, -0.2) is 39.6 Å². The van der Waals surface area contributed by atoms with Gasteiger partial charge in [-0.05, 0) is 46.0 Å². The minimum Gasteiger partial charge on any atom is -0.391 e. The van der Waals surface area contributed by atoms with Gasteiger partial charge in [0, 0.05) is 6.42 Å². The van der Waals surface area contributed by atoms with Gasteiger partial charge in [0.05, 0.1) is 0 Å². The molecule has 0 heterocycles. The van der Waals surface area contributed by atoms with E-state index in [1.54, 1.807) is 0 Å². The Labute approximate surface area is 182 Å². The molecule has 30 heavy (non-hydrogen) atoms. The molecule has 0 amide bonds. The van der Waals surface area contributed by atoms with E-state index in [1.165, 1.54) is 44.9 Å². The number of rotatable bonds is 18. The van der Waals surface area contributed by atoms with Gasteiger partial charge in [0.1, 0.15) is 6.10 Å². The van der Waals surface area contributed by atoms with Crippen molar-refractivity contribution in [2.75, 3.05) is 0 Å². The smallest absolute Gasteiger partial charge is 0.353 e. The molecule has 6 heteroatoms. The van der Waals surface area contributed by atoms with Crippen LogP contribution in [0.15, 0.2) is 12.2 Å². The van der Waals surface area contributed by atoms with Gasteiger partial charge in [-0.15, -0.1) is 0 Å². The lowest BCUT2D eigenvalue weighted by atomic mass is 9.97. The summed E-state index contributed by atoms with van der Waals surface area (Å²) in [6.45, 7) is 4.29. The second-order valence-corrected chi connectivity index (χ2v) is 8.21. The quantitative estimate of drug-likeness (QED) is 0.141. The van der Waals surface area contributed by atoms with Gasteiger partial charge in [0.15, 0.2) is 0 Å². The number of hydrogen-bond acceptors (Lipinski definition) is 6. The molecule has 2 N–H and O–H groups in total. The van der Waals surface area contributed by atoms with E-state index in [0.29, 0.717) is 6.42 Å². The maximum absolute atomic E-state index is 11.8. The molecule has 0 saturated heterocycles. The van der Waals surface area contributed by atoms with E-state index in [0.717, 1.165) is 46.0 Å². The van der Waals surface area contributed by atoms with Gasteiger partial charge in [-0.1, -0.05) is 70.4 Å². The van der Waals surface area contributed by atoms with E-state index in [9.17, 15) is 24.6 Å². The molecule has 0 aliphatic heterocycles. The fraction of sp³-hybridized carbons (Fsp3) is 0.792. The number of esters is 2. The van der Waals surface area contributed by atoms with Crippen LogP contribution in [0.1, 0.15) is 111 Å². The van der Waals surface area contributed by atoms with Gasteiger partial charge in [-0.25, -0.2) is 4.79 Å². The van der Waals surface area contributed by atoms with Crippen molar-refractivity contribution in [1.82, 2.24) is 0 Å². The maximum atomic E-state index is 11.8. The zero-order valence-corrected chi connectivity index (χ0v) is 19.2. The van der Waals surface area contributed by atoms with Crippen LogP contribution >= 0.6 is 0 Å². The Bertz CT molecular complexity index is 522. The number of ketones is 1. The molecular formula is C24H42O6. The second-order valence-electron chi connectivity index (χ2n) is 8.21. The molecule has 0 aromatic rings. The molecule has 6 nitrogen and oxygen atoms in total. The molecule has 0 rings (SSSR count). The predicted octanol–water partition coefficient (Wildman–Crippen LogP) is 4.79. The lowest BCUT2D eigenvalue weighted by Gasteiger charge is -2.20. The van der Waals surface area contributed by atoms with Crippen LogP contribution in [0.25, 0.3) is 0 Å². The van der Waals surface area contributed by atoms with Crippen molar-refractivity contribution < 1.29 is 29.3 Å². The van der Waals surface area contributed by atoms with Gasteiger partial charge in [-0.2, -0.15) is 0 Å². The monoisotopic (exact) mass is 426 g/mol. The fourth-order valence-electron chi connectivity index (χ4n) is 3.10. The first kappa shape index (κ1) is 28.5. The van der Waals surface area contributed by atoms with E-state index in [1.807, 2.05) is 0 Å². The molecule has 0 radical (unpaired) electrons. The number of aliphatic hydroxyl groups excluding tert-OH is 1. The third-order valence-electron chi connectivity index (χ3n) is 5.11. The summed E-state index contributed by atoms with van der Waals surface area (Å²) in [7, 11) is 0. The largest absolute Gasteiger partial charge is 0.391 e. The highest BCUT2D eigenvalue weighted by molar-refractivity contribution is 6.10. The van der Waals surface area contributed by atoms with E-state index in [-0.39, 0.29) is 6.42 Å². The summed E-state index contributed by atoms with van der Waals surface area (Å²) in [5.74, 6) is -3.20. The Morgan fingerprint density at radius 3 is 1.83 bits per heavy atom. The van der Waals surface area contributed by atoms with Crippen molar-refractivity contribution in [1.29, 1.82) is 0 Å². The van der Waals surface area contributed by atoms with Crippen LogP contribution in [0, 0.1) is 0 Å². The van der Waals surface area contributed by atoms with Gasteiger partial charge >= 0.3 is 11.9 Å². The summed E-state index contributed by atoms with van der Waals surface area (Å²) >= 11 is 0. The first-order valence-electron chi connectivity index (χ1n) is 11.6. The molecule has 2 atom stereocenters. The summed E-state index contributed by atoms with van der Waals surface area (Å²) in [4.78, 5) is 35.0. The molecule has 2 unspecified atom stereocenters. The zero-order chi connectivity index (χ0) is 22.8. The maximum Gasteiger partial charge on any atom is 0.353 e. The van der Waals surface area contributed by atoms with Gasteiger partial charge < -0.3 is 14.9 Å². The normalized spacial score (nSPS) is 14.4. The predicted molar refractivity (Wildman–Crippen MR) is 118 cm³/mol. The molecular weight excluding hydrogens is 384 g/mol. The van der Waals surface area contributed by atoms with Crippen molar-refractivity contribution >= 4 is 17.7 Å². The number of Topliss-reactive ketones (excluding diaryl/α,β-unsaturated/α-hetero) is 1. The lowest BCUT2D eigenvalue weighted by Crippen LogP contribution is -2.49. The van der Waals surface area contributed by atoms with Crippen LogP contribution < -0.4 is 0 Å². The number of ether oxygens (including phenoxy) is 1. The van der Waals surface area contributed by atoms with Crippen molar-refractivity contribution in [3.8, 4) is 0 Å². The molecule has 174 valence electrons. The molecule has 0 aliphatic carbocycles.